The van der Waals surface area contributed by atoms with Gasteiger partial charge in [0, 0.05) is 19.6 Å². The highest BCUT2D eigenvalue weighted by molar-refractivity contribution is 5.93. The maximum Gasteiger partial charge on any atom is 0.414 e. The van der Waals surface area contributed by atoms with Crippen molar-refractivity contribution in [3.8, 4) is 0 Å². The molecule has 0 unspecified atom stereocenters. The molecule has 1 aliphatic heterocycles. The number of likely N-dealkylation sites (tertiary alicyclic amines) is 1. The number of benzene rings is 1. The van der Waals surface area contributed by atoms with Crippen LogP contribution in [0.1, 0.15) is 56.9 Å². The molecule has 0 aromatic heterocycles. The predicted molar refractivity (Wildman–Crippen MR) is 133 cm³/mol. The summed E-state index contributed by atoms with van der Waals surface area (Å²) in [7, 11) is 0. The Morgan fingerprint density at radius 2 is 1.83 bits per heavy atom. The van der Waals surface area contributed by atoms with Crippen molar-refractivity contribution in [1.29, 1.82) is 0 Å². The van der Waals surface area contributed by atoms with E-state index in [9.17, 15) is 14.4 Å². The van der Waals surface area contributed by atoms with E-state index in [4.69, 9.17) is 16.2 Å². The number of nitrogens with two attached hydrogens (primary N) is 2. The molecule has 1 aliphatic carbocycles. The van der Waals surface area contributed by atoms with E-state index in [2.05, 4.69) is 15.6 Å². The average molecular weight is 487 g/mol. The van der Waals surface area contributed by atoms with Crippen LogP contribution in [-0.4, -0.2) is 60.5 Å². The molecule has 1 saturated heterocycles. The average Bonchev–Trinajstić information content (AvgIpc) is 2.84. The van der Waals surface area contributed by atoms with Crippen LogP contribution in [0.5, 0.6) is 0 Å². The summed E-state index contributed by atoms with van der Waals surface area (Å²) in [5.41, 5.74) is 12.8. The van der Waals surface area contributed by atoms with Crippen molar-refractivity contribution in [2.45, 2.75) is 70.1 Å². The first-order chi connectivity index (χ1) is 17.0. The Kier molecular flexibility index (Phi) is 10.3. The Morgan fingerprint density at radius 3 is 2.51 bits per heavy atom. The number of guanidine groups is 1. The van der Waals surface area contributed by atoms with E-state index in [1.54, 1.807) is 4.90 Å². The van der Waals surface area contributed by atoms with Gasteiger partial charge in [-0.2, -0.15) is 0 Å². The summed E-state index contributed by atoms with van der Waals surface area (Å²) in [6, 6.07) is 8.41. The fourth-order valence-corrected chi connectivity index (χ4v) is 4.48. The van der Waals surface area contributed by atoms with Crippen LogP contribution in [-0.2, 0) is 20.9 Å². The van der Waals surface area contributed by atoms with E-state index in [0.29, 0.717) is 38.9 Å². The molecular weight excluding hydrogens is 448 g/mol. The Balaban J connectivity index is 1.27. The maximum atomic E-state index is 12.8. The van der Waals surface area contributed by atoms with Crippen molar-refractivity contribution >= 4 is 23.9 Å². The van der Waals surface area contributed by atoms with Crippen LogP contribution in [0.3, 0.4) is 0 Å². The van der Waals surface area contributed by atoms with Gasteiger partial charge in [0.2, 0.25) is 11.8 Å². The number of nitrogens with zero attached hydrogens (tertiary/aromatic N) is 2. The summed E-state index contributed by atoms with van der Waals surface area (Å²) in [4.78, 5) is 42.8. The lowest BCUT2D eigenvalue weighted by Crippen LogP contribution is -2.62. The van der Waals surface area contributed by atoms with E-state index in [-0.39, 0.29) is 30.3 Å². The molecule has 3 rings (SSSR count). The molecular formula is C25H38N6O4. The Bertz CT molecular complexity index is 872. The van der Waals surface area contributed by atoms with Crippen molar-refractivity contribution in [3.05, 3.63) is 35.9 Å². The zero-order valence-electron chi connectivity index (χ0n) is 20.3. The zero-order valence-corrected chi connectivity index (χ0v) is 20.3. The third-order valence-corrected chi connectivity index (χ3v) is 6.66. The van der Waals surface area contributed by atoms with Gasteiger partial charge in [0.05, 0.1) is 6.04 Å². The monoisotopic (exact) mass is 486 g/mol. The van der Waals surface area contributed by atoms with Gasteiger partial charge in [-0.3, -0.25) is 19.9 Å². The summed E-state index contributed by atoms with van der Waals surface area (Å²) >= 11 is 0. The lowest BCUT2D eigenvalue weighted by molar-refractivity contribution is -0.149. The molecule has 2 aliphatic rings. The van der Waals surface area contributed by atoms with Crippen molar-refractivity contribution < 1.29 is 19.1 Å². The number of ether oxygens (including phenoxy) is 1. The Hall–Kier alpha value is -3.14. The molecule has 10 heteroatoms. The van der Waals surface area contributed by atoms with Crippen LogP contribution in [0, 0.1) is 5.92 Å². The molecule has 10 nitrogen and oxygen atoms in total. The van der Waals surface area contributed by atoms with E-state index >= 15 is 0 Å². The van der Waals surface area contributed by atoms with Gasteiger partial charge in [0.15, 0.2) is 5.96 Å². The lowest BCUT2D eigenvalue weighted by atomic mass is 9.83. The molecule has 1 aromatic rings. The number of rotatable bonds is 10. The molecule has 1 aromatic carbocycles. The van der Waals surface area contributed by atoms with Crippen LogP contribution >= 0.6 is 0 Å². The Morgan fingerprint density at radius 1 is 1.09 bits per heavy atom. The van der Waals surface area contributed by atoms with Crippen molar-refractivity contribution in [3.63, 3.8) is 0 Å². The first-order valence-corrected chi connectivity index (χ1v) is 12.6. The first-order valence-electron chi connectivity index (χ1n) is 12.6. The molecule has 0 bridgehead atoms. The minimum Gasteiger partial charge on any atom is -0.444 e. The van der Waals surface area contributed by atoms with Crippen LogP contribution in [0.15, 0.2) is 35.3 Å². The number of nitrogens with one attached hydrogen (secondary N) is 2. The number of carbonyl (C=O) groups excluding carboxylic acids is 3. The van der Waals surface area contributed by atoms with Gasteiger partial charge in [0.25, 0.3) is 0 Å². The van der Waals surface area contributed by atoms with Gasteiger partial charge >= 0.3 is 6.09 Å². The third-order valence-electron chi connectivity index (χ3n) is 6.66. The highest BCUT2D eigenvalue weighted by Crippen LogP contribution is 2.28. The Labute approximate surface area is 206 Å². The highest BCUT2D eigenvalue weighted by atomic mass is 16.5. The molecule has 1 saturated carbocycles. The van der Waals surface area contributed by atoms with Crippen LogP contribution < -0.4 is 22.1 Å². The number of unbranched alkanes of at least 4 members (excludes halogenated alkanes) is 1. The lowest BCUT2D eigenvalue weighted by Gasteiger charge is -2.42. The normalized spacial score (nSPS) is 19.4. The van der Waals surface area contributed by atoms with Crippen molar-refractivity contribution in [2.75, 3.05) is 19.6 Å². The van der Waals surface area contributed by atoms with Gasteiger partial charge in [-0.25, -0.2) is 4.79 Å². The maximum absolute atomic E-state index is 12.8. The third kappa shape index (κ3) is 8.24. The summed E-state index contributed by atoms with van der Waals surface area (Å²) in [5.74, 6) is -0.00650. The summed E-state index contributed by atoms with van der Waals surface area (Å²) in [6.07, 6.45) is 6.84. The van der Waals surface area contributed by atoms with E-state index in [1.807, 2.05) is 30.3 Å². The molecule has 0 radical (unpaired) electrons. The van der Waals surface area contributed by atoms with Gasteiger partial charge in [-0.1, -0.05) is 49.6 Å². The number of aliphatic imine (C=N–C) groups is 1. The SMILES string of the molecule is NC(=NCCCCNC(=O)[C@@H]1CCN1C(=O)[C@H](N)C1CCCCC1)NC(=O)OCc1ccccc1. The molecule has 192 valence electrons. The fraction of sp³-hybridized carbons (Fsp3) is 0.600. The van der Waals surface area contributed by atoms with E-state index in [0.717, 1.165) is 31.2 Å². The van der Waals surface area contributed by atoms with E-state index in [1.165, 1.54) is 6.42 Å². The topological polar surface area (TPSA) is 152 Å². The van der Waals surface area contributed by atoms with Crippen LogP contribution in [0.25, 0.3) is 0 Å². The zero-order chi connectivity index (χ0) is 25.0. The number of carbonyl (C=O) groups is 3. The summed E-state index contributed by atoms with van der Waals surface area (Å²) in [6.45, 7) is 1.63. The molecule has 2 atom stereocenters. The molecule has 3 amide bonds. The summed E-state index contributed by atoms with van der Waals surface area (Å²) in [5, 5.41) is 5.28. The number of hydrogen-bond acceptors (Lipinski definition) is 6. The smallest absolute Gasteiger partial charge is 0.414 e. The van der Waals surface area contributed by atoms with Crippen molar-refractivity contribution in [2.24, 2.45) is 22.4 Å². The van der Waals surface area contributed by atoms with Crippen LogP contribution in [0.2, 0.25) is 0 Å². The summed E-state index contributed by atoms with van der Waals surface area (Å²) < 4.78 is 5.09. The van der Waals surface area contributed by atoms with Crippen LogP contribution in [0.4, 0.5) is 4.79 Å². The fourth-order valence-electron chi connectivity index (χ4n) is 4.48. The van der Waals surface area contributed by atoms with Crippen molar-refractivity contribution in [1.82, 2.24) is 15.5 Å². The predicted octanol–water partition coefficient (Wildman–Crippen LogP) is 1.63. The van der Waals surface area contributed by atoms with E-state index < -0.39 is 18.2 Å². The number of hydrogen-bond donors (Lipinski definition) is 4. The first kappa shape index (κ1) is 26.5. The minimum atomic E-state index is -0.662. The molecule has 35 heavy (non-hydrogen) atoms. The standard InChI is InChI=1S/C25H38N6O4/c26-21(19-11-5-2-6-12-19)23(33)31-16-13-20(31)22(32)28-14-7-8-15-29-24(27)30-25(34)35-17-18-9-3-1-4-10-18/h1,3-4,9-10,19-21H,2,5-8,11-17,26H2,(H,28,32)(H3,27,29,30,34)/t20-,21+/m0/s1. The second kappa shape index (κ2) is 13.7. The second-order valence-electron chi connectivity index (χ2n) is 9.21. The highest BCUT2D eigenvalue weighted by Gasteiger charge is 2.41. The molecule has 6 N–H and O–H groups in total. The molecule has 0 spiro atoms. The number of alkyl carbamates (subject to hydrolysis) is 1. The quantitative estimate of drug-likeness (QED) is 0.224. The van der Waals surface area contributed by atoms with Gasteiger partial charge in [-0.15, -0.1) is 0 Å². The molecule has 2 fully saturated rings. The minimum absolute atomic E-state index is 0.00924. The molecule has 1 heterocycles. The number of amides is 3. The second-order valence-corrected chi connectivity index (χ2v) is 9.21. The van der Waals surface area contributed by atoms with Gasteiger partial charge < -0.3 is 26.4 Å². The largest absolute Gasteiger partial charge is 0.444 e. The van der Waals surface area contributed by atoms with Gasteiger partial charge in [0.1, 0.15) is 12.6 Å². The van der Waals surface area contributed by atoms with Gasteiger partial charge in [-0.05, 0) is 43.6 Å².